The van der Waals surface area contributed by atoms with E-state index in [1.165, 1.54) is 0 Å². The van der Waals surface area contributed by atoms with Crippen molar-refractivity contribution in [1.82, 2.24) is 4.98 Å². The molecule has 126 valence electrons. The normalized spacial score (nSPS) is 15.4. The van der Waals surface area contributed by atoms with Crippen LogP contribution in [-0.4, -0.2) is 37.2 Å². The van der Waals surface area contributed by atoms with Gasteiger partial charge in [-0.25, -0.2) is 9.98 Å². The Morgan fingerprint density at radius 3 is 2.88 bits per heavy atom. The number of nitrogens with two attached hydrogens (primary N) is 1. The van der Waals surface area contributed by atoms with Crippen molar-refractivity contribution >= 4 is 29.1 Å². The van der Waals surface area contributed by atoms with Gasteiger partial charge < -0.3 is 20.7 Å². The molecular weight excluding hydrogens is 326 g/mol. The molecule has 0 atom stereocenters. The molecule has 7 heteroatoms. The molecule has 0 amide bonds. The maximum absolute atomic E-state index is 6.15. The van der Waals surface area contributed by atoms with Crippen LogP contribution in [0.2, 0.25) is 5.02 Å². The van der Waals surface area contributed by atoms with Crippen LogP contribution in [0.5, 0.6) is 0 Å². The lowest BCUT2D eigenvalue weighted by molar-refractivity contribution is 0.122. The fraction of sp³-hybridized carbons (Fsp3) is 0.294. The SMILES string of the molecule is NC(=NCc1cc(Cl)ccc1N1CCOCC1)Nc1ccccn1. The Morgan fingerprint density at radius 2 is 2.12 bits per heavy atom. The number of aliphatic imine (C=N–C) groups is 1. The second-order valence-corrected chi connectivity index (χ2v) is 5.85. The lowest BCUT2D eigenvalue weighted by atomic mass is 10.1. The van der Waals surface area contributed by atoms with E-state index in [9.17, 15) is 0 Å². The van der Waals surface area contributed by atoms with Gasteiger partial charge in [-0.1, -0.05) is 17.7 Å². The minimum absolute atomic E-state index is 0.321. The number of pyridine rings is 1. The zero-order valence-corrected chi connectivity index (χ0v) is 14.0. The van der Waals surface area contributed by atoms with E-state index in [4.69, 9.17) is 22.1 Å². The number of guanidine groups is 1. The van der Waals surface area contributed by atoms with Gasteiger partial charge in [0.1, 0.15) is 5.82 Å². The Morgan fingerprint density at radius 1 is 1.29 bits per heavy atom. The van der Waals surface area contributed by atoms with Crippen LogP contribution in [0, 0.1) is 0 Å². The third-order valence-corrected chi connectivity index (χ3v) is 3.97. The molecule has 2 heterocycles. The van der Waals surface area contributed by atoms with Crippen LogP contribution in [-0.2, 0) is 11.3 Å². The van der Waals surface area contributed by atoms with Gasteiger partial charge >= 0.3 is 0 Å². The van der Waals surface area contributed by atoms with Crippen molar-refractivity contribution in [3.8, 4) is 0 Å². The number of nitrogens with zero attached hydrogens (tertiary/aromatic N) is 3. The van der Waals surface area contributed by atoms with Crippen LogP contribution in [0.15, 0.2) is 47.6 Å². The molecule has 0 unspecified atom stereocenters. The third kappa shape index (κ3) is 4.37. The van der Waals surface area contributed by atoms with E-state index < -0.39 is 0 Å². The van der Waals surface area contributed by atoms with E-state index in [2.05, 4.69) is 20.2 Å². The second-order valence-electron chi connectivity index (χ2n) is 5.41. The van der Waals surface area contributed by atoms with Gasteiger partial charge in [-0.05, 0) is 35.9 Å². The summed E-state index contributed by atoms with van der Waals surface area (Å²) in [6.07, 6.45) is 1.70. The van der Waals surface area contributed by atoms with Gasteiger partial charge in [0.15, 0.2) is 5.96 Å². The van der Waals surface area contributed by atoms with Gasteiger partial charge in [-0.15, -0.1) is 0 Å². The number of ether oxygens (including phenoxy) is 1. The number of halogens is 1. The first kappa shape index (κ1) is 16.5. The van der Waals surface area contributed by atoms with E-state index in [0.717, 1.165) is 37.6 Å². The summed E-state index contributed by atoms with van der Waals surface area (Å²) in [7, 11) is 0. The summed E-state index contributed by atoms with van der Waals surface area (Å²) in [6.45, 7) is 3.63. The van der Waals surface area contributed by atoms with Crippen LogP contribution in [0.1, 0.15) is 5.56 Å². The van der Waals surface area contributed by atoms with E-state index >= 15 is 0 Å². The Bertz CT molecular complexity index is 701. The zero-order chi connectivity index (χ0) is 16.8. The second kappa shape index (κ2) is 7.99. The number of aromatic nitrogens is 1. The van der Waals surface area contributed by atoms with Gasteiger partial charge in [-0.2, -0.15) is 0 Å². The van der Waals surface area contributed by atoms with Crippen molar-refractivity contribution in [3.05, 3.63) is 53.2 Å². The van der Waals surface area contributed by atoms with Gasteiger partial charge in [-0.3, -0.25) is 0 Å². The first-order chi connectivity index (χ1) is 11.7. The fourth-order valence-electron chi connectivity index (χ4n) is 2.57. The largest absolute Gasteiger partial charge is 0.378 e. The molecule has 1 aromatic carbocycles. The lowest BCUT2D eigenvalue weighted by Gasteiger charge is -2.30. The van der Waals surface area contributed by atoms with Crippen LogP contribution in [0.25, 0.3) is 0 Å². The number of benzene rings is 1. The van der Waals surface area contributed by atoms with E-state index in [1.807, 2.05) is 36.4 Å². The summed E-state index contributed by atoms with van der Waals surface area (Å²) in [5.41, 5.74) is 8.11. The van der Waals surface area contributed by atoms with Gasteiger partial charge in [0.05, 0.1) is 19.8 Å². The average Bonchev–Trinajstić information content (AvgIpc) is 2.62. The van der Waals surface area contributed by atoms with Crippen LogP contribution in [0.3, 0.4) is 0 Å². The Balaban J connectivity index is 1.73. The highest BCUT2D eigenvalue weighted by Gasteiger charge is 2.15. The van der Waals surface area contributed by atoms with Crippen molar-refractivity contribution in [1.29, 1.82) is 0 Å². The van der Waals surface area contributed by atoms with Crippen LogP contribution in [0.4, 0.5) is 11.5 Å². The Kier molecular flexibility index (Phi) is 5.51. The highest BCUT2D eigenvalue weighted by atomic mass is 35.5. The van der Waals surface area contributed by atoms with Crippen molar-refractivity contribution < 1.29 is 4.74 Å². The molecule has 24 heavy (non-hydrogen) atoms. The smallest absolute Gasteiger partial charge is 0.194 e. The standard InChI is InChI=1S/C17H20ClN5O/c18-14-4-5-15(23-7-9-24-10-8-23)13(11-14)12-21-17(19)22-16-3-1-2-6-20-16/h1-6,11H,7-10,12H2,(H3,19,20,21,22). The summed E-state index contributed by atoms with van der Waals surface area (Å²) < 4.78 is 5.42. The van der Waals surface area contributed by atoms with Gasteiger partial charge in [0, 0.05) is 30.0 Å². The minimum Gasteiger partial charge on any atom is -0.378 e. The molecule has 6 nitrogen and oxygen atoms in total. The molecular formula is C17H20ClN5O. The monoisotopic (exact) mass is 345 g/mol. The maximum atomic E-state index is 6.15. The highest BCUT2D eigenvalue weighted by Crippen LogP contribution is 2.26. The molecule has 0 aliphatic carbocycles. The predicted octanol–water partition coefficient (Wildman–Crippen LogP) is 2.50. The van der Waals surface area contributed by atoms with Crippen molar-refractivity contribution in [2.75, 3.05) is 36.5 Å². The Hall–Kier alpha value is -2.31. The Labute approximate surface area is 146 Å². The molecule has 0 radical (unpaired) electrons. The summed E-state index contributed by atoms with van der Waals surface area (Å²) in [6, 6.07) is 11.4. The first-order valence-electron chi connectivity index (χ1n) is 7.81. The predicted molar refractivity (Wildman–Crippen MR) is 97.7 cm³/mol. The molecule has 1 aliphatic heterocycles. The lowest BCUT2D eigenvalue weighted by Crippen LogP contribution is -2.36. The number of rotatable bonds is 4. The molecule has 1 saturated heterocycles. The quantitative estimate of drug-likeness (QED) is 0.657. The zero-order valence-electron chi connectivity index (χ0n) is 13.3. The summed E-state index contributed by atoms with van der Waals surface area (Å²) in [4.78, 5) is 10.9. The average molecular weight is 346 g/mol. The number of hydrogen-bond donors (Lipinski definition) is 2. The number of hydrogen-bond acceptors (Lipinski definition) is 4. The van der Waals surface area contributed by atoms with Gasteiger partial charge in [0.2, 0.25) is 0 Å². The van der Waals surface area contributed by atoms with Crippen molar-refractivity contribution in [3.63, 3.8) is 0 Å². The first-order valence-corrected chi connectivity index (χ1v) is 8.19. The third-order valence-electron chi connectivity index (χ3n) is 3.73. The van der Waals surface area contributed by atoms with Gasteiger partial charge in [0.25, 0.3) is 0 Å². The molecule has 3 N–H and O–H groups in total. The minimum atomic E-state index is 0.321. The maximum Gasteiger partial charge on any atom is 0.194 e. The summed E-state index contributed by atoms with van der Waals surface area (Å²) in [5, 5.41) is 3.66. The van der Waals surface area contributed by atoms with Crippen LogP contribution >= 0.6 is 11.6 Å². The summed E-state index contributed by atoms with van der Waals surface area (Å²) in [5.74, 6) is 0.986. The van der Waals surface area contributed by atoms with Crippen molar-refractivity contribution in [2.24, 2.45) is 10.7 Å². The number of anilines is 2. The van der Waals surface area contributed by atoms with E-state index in [-0.39, 0.29) is 0 Å². The molecule has 1 fully saturated rings. The molecule has 0 saturated carbocycles. The summed E-state index contributed by atoms with van der Waals surface area (Å²) >= 11 is 6.15. The molecule has 3 rings (SSSR count). The van der Waals surface area contributed by atoms with Crippen LogP contribution < -0.4 is 16.0 Å². The van der Waals surface area contributed by atoms with Crippen molar-refractivity contribution in [2.45, 2.75) is 6.54 Å². The molecule has 0 bridgehead atoms. The number of morpholine rings is 1. The molecule has 0 spiro atoms. The molecule has 2 aromatic rings. The number of nitrogens with one attached hydrogen (secondary N) is 1. The van der Waals surface area contributed by atoms with E-state index in [0.29, 0.717) is 23.3 Å². The highest BCUT2D eigenvalue weighted by molar-refractivity contribution is 6.30. The molecule has 1 aromatic heterocycles. The molecule has 1 aliphatic rings. The van der Waals surface area contributed by atoms with E-state index in [1.54, 1.807) is 6.20 Å². The topological polar surface area (TPSA) is 75.8 Å². The fourth-order valence-corrected chi connectivity index (χ4v) is 2.77.